The monoisotopic (exact) mass is 280 g/mol. The van der Waals surface area contributed by atoms with Crippen molar-refractivity contribution < 1.29 is 4.79 Å². The molecule has 0 radical (unpaired) electrons. The number of amides is 1. The summed E-state index contributed by atoms with van der Waals surface area (Å²) in [7, 11) is 0. The molecule has 1 amide bonds. The summed E-state index contributed by atoms with van der Waals surface area (Å²) in [6.45, 7) is 1.94. The lowest BCUT2D eigenvalue weighted by molar-refractivity contribution is 0.0972. The average molecular weight is 280 g/mol. The summed E-state index contributed by atoms with van der Waals surface area (Å²) in [4.78, 5) is 14.9. The van der Waals surface area contributed by atoms with Crippen LogP contribution < -0.4 is 10.2 Å². The molecule has 0 spiro atoms. The van der Waals surface area contributed by atoms with Crippen molar-refractivity contribution in [3.63, 3.8) is 0 Å². The van der Waals surface area contributed by atoms with Crippen molar-refractivity contribution in [2.45, 2.75) is 18.9 Å². The summed E-state index contributed by atoms with van der Waals surface area (Å²) in [6.07, 6.45) is 1.99. The number of carbonyl (C=O) groups is 1. The third-order valence-electron chi connectivity index (χ3n) is 3.95. The molecule has 1 heterocycles. The lowest BCUT2D eigenvalue weighted by Gasteiger charge is -2.34. The molecule has 3 nitrogen and oxygen atoms in total. The van der Waals surface area contributed by atoms with Gasteiger partial charge in [0.1, 0.15) is 0 Å². The van der Waals surface area contributed by atoms with Gasteiger partial charge in [0, 0.05) is 17.3 Å². The molecule has 3 heteroatoms. The van der Waals surface area contributed by atoms with Gasteiger partial charge in [-0.05, 0) is 50.2 Å². The molecule has 1 saturated heterocycles. The Bertz CT molecular complexity index is 577. The van der Waals surface area contributed by atoms with Gasteiger partial charge in [-0.1, -0.05) is 36.4 Å². The molecule has 1 N–H and O–H groups in total. The average Bonchev–Trinajstić information content (AvgIpc) is 2.58. The Labute approximate surface area is 125 Å². The molecule has 0 bridgehead atoms. The van der Waals surface area contributed by atoms with E-state index in [1.165, 1.54) is 0 Å². The van der Waals surface area contributed by atoms with Gasteiger partial charge in [-0.2, -0.15) is 0 Å². The van der Waals surface area contributed by atoms with Gasteiger partial charge in [0.15, 0.2) is 0 Å². The SMILES string of the molecule is O=C(c1ccccc1)N(c1ccccc1)C1CCNCC1. The summed E-state index contributed by atoms with van der Waals surface area (Å²) in [5.41, 5.74) is 1.73. The van der Waals surface area contributed by atoms with Crippen molar-refractivity contribution in [2.75, 3.05) is 18.0 Å². The van der Waals surface area contributed by atoms with Crippen molar-refractivity contribution in [1.29, 1.82) is 0 Å². The van der Waals surface area contributed by atoms with E-state index in [0.29, 0.717) is 0 Å². The van der Waals surface area contributed by atoms with E-state index in [-0.39, 0.29) is 11.9 Å². The van der Waals surface area contributed by atoms with E-state index < -0.39 is 0 Å². The van der Waals surface area contributed by atoms with Gasteiger partial charge < -0.3 is 10.2 Å². The molecule has 1 aliphatic heterocycles. The van der Waals surface area contributed by atoms with Crippen LogP contribution in [-0.2, 0) is 0 Å². The number of hydrogen-bond acceptors (Lipinski definition) is 2. The first kappa shape index (κ1) is 13.8. The van der Waals surface area contributed by atoms with Crippen molar-refractivity contribution >= 4 is 11.6 Å². The molecule has 0 unspecified atom stereocenters. The van der Waals surface area contributed by atoms with Gasteiger partial charge in [0.05, 0.1) is 0 Å². The van der Waals surface area contributed by atoms with E-state index in [9.17, 15) is 4.79 Å². The molecule has 1 fully saturated rings. The van der Waals surface area contributed by atoms with Crippen molar-refractivity contribution in [2.24, 2.45) is 0 Å². The molecule has 2 aromatic rings. The van der Waals surface area contributed by atoms with Gasteiger partial charge in [-0.15, -0.1) is 0 Å². The molecular weight excluding hydrogens is 260 g/mol. The number of benzene rings is 2. The highest BCUT2D eigenvalue weighted by Gasteiger charge is 2.27. The maximum Gasteiger partial charge on any atom is 0.258 e. The standard InChI is InChI=1S/C18H20N2O/c21-18(15-7-3-1-4-8-15)20(16-9-5-2-6-10-16)17-11-13-19-14-12-17/h1-10,17,19H,11-14H2. The number of piperidine rings is 1. The van der Waals surface area contributed by atoms with Crippen LogP contribution in [0.25, 0.3) is 0 Å². The molecule has 3 rings (SSSR count). The second-order valence-corrected chi connectivity index (χ2v) is 5.36. The summed E-state index contributed by atoms with van der Waals surface area (Å²) >= 11 is 0. The molecule has 0 aliphatic carbocycles. The highest BCUT2D eigenvalue weighted by molar-refractivity contribution is 6.06. The van der Waals surface area contributed by atoms with E-state index in [1.807, 2.05) is 65.6 Å². The molecule has 0 saturated carbocycles. The van der Waals surface area contributed by atoms with Crippen LogP contribution in [0.1, 0.15) is 23.2 Å². The van der Waals surface area contributed by atoms with Gasteiger partial charge in [-0.25, -0.2) is 0 Å². The topological polar surface area (TPSA) is 32.3 Å². The smallest absolute Gasteiger partial charge is 0.258 e. The largest absolute Gasteiger partial charge is 0.317 e. The highest BCUT2D eigenvalue weighted by Crippen LogP contribution is 2.24. The van der Waals surface area contributed by atoms with Crippen LogP contribution >= 0.6 is 0 Å². The molecule has 1 aliphatic rings. The lowest BCUT2D eigenvalue weighted by atomic mass is 10.0. The van der Waals surface area contributed by atoms with Crippen LogP contribution in [0.4, 0.5) is 5.69 Å². The normalized spacial score (nSPS) is 15.6. The van der Waals surface area contributed by atoms with Crippen molar-refractivity contribution in [3.8, 4) is 0 Å². The lowest BCUT2D eigenvalue weighted by Crippen LogP contribution is -2.46. The summed E-state index contributed by atoms with van der Waals surface area (Å²) < 4.78 is 0. The third-order valence-corrected chi connectivity index (χ3v) is 3.95. The first-order chi connectivity index (χ1) is 10.4. The summed E-state index contributed by atoms with van der Waals surface area (Å²) in [6, 6.07) is 19.8. The number of hydrogen-bond donors (Lipinski definition) is 1. The van der Waals surface area contributed by atoms with E-state index in [0.717, 1.165) is 37.2 Å². The zero-order valence-corrected chi connectivity index (χ0v) is 12.0. The van der Waals surface area contributed by atoms with Crippen LogP contribution in [0.3, 0.4) is 0 Å². The number of nitrogens with one attached hydrogen (secondary N) is 1. The molecule has 0 aromatic heterocycles. The van der Waals surface area contributed by atoms with E-state index in [2.05, 4.69) is 5.32 Å². The Kier molecular flexibility index (Phi) is 4.31. The van der Waals surface area contributed by atoms with Crippen LogP contribution in [0, 0.1) is 0 Å². The molecule has 21 heavy (non-hydrogen) atoms. The summed E-state index contributed by atoms with van der Waals surface area (Å²) in [5.74, 6) is 0.0914. The summed E-state index contributed by atoms with van der Waals surface area (Å²) in [5, 5.41) is 3.36. The molecular formula is C18H20N2O. The first-order valence-corrected chi connectivity index (χ1v) is 7.50. The fourth-order valence-corrected chi connectivity index (χ4v) is 2.87. The fraction of sp³-hybridized carbons (Fsp3) is 0.278. The predicted molar refractivity (Wildman–Crippen MR) is 85.6 cm³/mol. The Morgan fingerprint density at radius 2 is 1.48 bits per heavy atom. The number of para-hydroxylation sites is 1. The van der Waals surface area contributed by atoms with E-state index in [1.54, 1.807) is 0 Å². The Morgan fingerprint density at radius 3 is 2.10 bits per heavy atom. The molecule has 108 valence electrons. The van der Waals surface area contributed by atoms with Gasteiger partial charge in [-0.3, -0.25) is 4.79 Å². The number of rotatable bonds is 3. The van der Waals surface area contributed by atoms with Crippen molar-refractivity contribution in [1.82, 2.24) is 5.32 Å². The highest BCUT2D eigenvalue weighted by atomic mass is 16.2. The minimum absolute atomic E-state index is 0.0914. The zero-order chi connectivity index (χ0) is 14.5. The van der Waals surface area contributed by atoms with Gasteiger partial charge in [0.2, 0.25) is 0 Å². The van der Waals surface area contributed by atoms with E-state index >= 15 is 0 Å². The van der Waals surface area contributed by atoms with E-state index in [4.69, 9.17) is 0 Å². The van der Waals surface area contributed by atoms with Crippen LogP contribution in [0.15, 0.2) is 60.7 Å². The zero-order valence-electron chi connectivity index (χ0n) is 12.0. The number of carbonyl (C=O) groups excluding carboxylic acids is 1. The Balaban J connectivity index is 1.94. The number of anilines is 1. The maximum atomic E-state index is 13.0. The second kappa shape index (κ2) is 6.55. The second-order valence-electron chi connectivity index (χ2n) is 5.36. The molecule has 2 aromatic carbocycles. The first-order valence-electron chi connectivity index (χ1n) is 7.50. The Hall–Kier alpha value is -2.13. The van der Waals surface area contributed by atoms with Crippen molar-refractivity contribution in [3.05, 3.63) is 66.2 Å². The quantitative estimate of drug-likeness (QED) is 0.937. The van der Waals surface area contributed by atoms with Gasteiger partial charge in [0.25, 0.3) is 5.91 Å². The molecule has 0 atom stereocenters. The minimum atomic E-state index is 0.0914. The third kappa shape index (κ3) is 3.14. The Morgan fingerprint density at radius 1 is 0.905 bits per heavy atom. The van der Waals surface area contributed by atoms with Crippen LogP contribution in [-0.4, -0.2) is 25.0 Å². The van der Waals surface area contributed by atoms with Crippen LogP contribution in [0.2, 0.25) is 0 Å². The van der Waals surface area contributed by atoms with Gasteiger partial charge >= 0.3 is 0 Å². The maximum absolute atomic E-state index is 13.0. The minimum Gasteiger partial charge on any atom is -0.317 e. The van der Waals surface area contributed by atoms with Crippen LogP contribution in [0.5, 0.6) is 0 Å². The predicted octanol–water partition coefficient (Wildman–Crippen LogP) is 3.09. The number of nitrogens with zero attached hydrogens (tertiary/aromatic N) is 1. The fourth-order valence-electron chi connectivity index (χ4n) is 2.87.